The first-order chi connectivity index (χ1) is 11.7. The lowest BCUT2D eigenvalue weighted by molar-refractivity contribution is -0.127. The number of carbonyl (C=O) groups excluding carboxylic acids is 2. The molecule has 25 heavy (non-hydrogen) atoms. The molecule has 2 aromatic carbocycles. The van der Waals surface area contributed by atoms with Crippen molar-refractivity contribution in [3.63, 3.8) is 0 Å². The van der Waals surface area contributed by atoms with Crippen molar-refractivity contribution in [3.05, 3.63) is 65.7 Å². The molecule has 2 N–H and O–H groups in total. The van der Waals surface area contributed by atoms with Gasteiger partial charge in [0.15, 0.2) is 0 Å². The van der Waals surface area contributed by atoms with E-state index in [1.54, 1.807) is 30.3 Å². The van der Waals surface area contributed by atoms with Gasteiger partial charge in [-0.1, -0.05) is 30.3 Å². The van der Waals surface area contributed by atoms with Gasteiger partial charge in [0.05, 0.1) is 10.5 Å². The normalized spacial score (nSPS) is 12.6. The van der Waals surface area contributed by atoms with Crippen LogP contribution in [0.5, 0.6) is 0 Å². The quantitative estimate of drug-likeness (QED) is 0.785. The molecular formula is C16H13F2NO5S. The largest absolute Gasteiger partial charge is 0.444 e. The van der Waals surface area contributed by atoms with Crippen molar-refractivity contribution in [2.45, 2.75) is 16.8 Å². The van der Waals surface area contributed by atoms with Crippen LogP contribution < -0.4 is 5.73 Å². The third-order valence-electron chi connectivity index (χ3n) is 3.24. The summed E-state index contributed by atoms with van der Waals surface area (Å²) in [6.07, 6.45) is -1.34. The number of hydrogen-bond donors (Lipinski definition) is 1. The summed E-state index contributed by atoms with van der Waals surface area (Å²) in [7, 11) is -4.76. The van der Waals surface area contributed by atoms with E-state index in [0.29, 0.717) is 5.56 Å². The van der Waals surface area contributed by atoms with Gasteiger partial charge in [0.1, 0.15) is 0 Å². The molecule has 0 heterocycles. The third-order valence-corrected chi connectivity index (χ3v) is 4.64. The molecule has 9 heteroatoms. The zero-order valence-electron chi connectivity index (χ0n) is 12.6. The average Bonchev–Trinajstić information content (AvgIpc) is 2.59. The van der Waals surface area contributed by atoms with Crippen LogP contribution in [0.1, 0.15) is 22.0 Å². The predicted molar refractivity (Wildman–Crippen MR) is 83.4 cm³/mol. The number of amides is 1. The van der Waals surface area contributed by atoms with Crippen LogP contribution in [-0.4, -0.2) is 26.1 Å². The molecule has 0 bridgehead atoms. The molecular weight excluding hydrogens is 356 g/mol. The van der Waals surface area contributed by atoms with Crippen LogP contribution in [0.3, 0.4) is 0 Å². The first-order valence-corrected chi connectivity index (χ1v) is 8.45. The van der Waals surface area contributed by atoms with Gasteiger partial charge in [-0.2, -0.15) is 8.78 Å². The zero-order chi connectivity index (χ0) is 18.6. The third kappa shape index (κ3) is 4.18. The Morgan fingerprint density at radius 1 is 0.960 bits per heavy atom. The Hall–Kier alpha value is -2.81. The number of sulfone groups is 1. The SMILES string of the molecule is NC(=O)C(OC(=O)c1ccc(S(=O)(=O)C(F)F)cc1)c1ccccc1. The van der Waals surface area contributed by atoms with E-state index >= 15 is 0 Å². The monoisotopic (exact) mass is 369 g/mol. The Bertz CT molecular complexity index is 867. The molecule has 0 fully saturated rings. The highest BCUT2D eigenvalue weighted by molar-refractivity contribution is 7.91. The molecule has 1 amide bonds. The molecule has 1 unspecified atom stereocenters. The molecule has 1 atom stereocenters. The maximum atomic E-state index is 12.5. The fourth-order valence-corrected chi connectivity index (χ4v) is 2.70. The van der Waals surface area contributed by atoms with Crippen LogP contribution in [-0.2, 0) is 19.4 Å². The van der Waals surface area contributed by atoms with Gasteiger partial charge in [0.2, 0.25) is 15.9 Å². The fourth-order valence-electron chi connectivity index (χ4n) is 1.98. The van der Waals surface area contributed by atoms with E-state index in [4.69, 9.17) is 10.5 Å². The number of esters is 1. The van der Waals surface area contributed by atoms with Crippen molar-refractivity contribution in [1.82, 2.24) is 0 Å². The molecule has 0 radical (unpaired) electrons. The number of rotatable bonds is 6. The molecule has 0 aliphatic heterocycles. The van der Waals surface area contributed by atoms with E-state index in [1.165, 1.54) is 0 Å². The first kappa shape index (κ1) is 18.5. The van der Waals surface area contributed by atoms with E-state index in [-0.39, 0.29) is 5.56 Å². The Balaban J connectivity index is 2.22. The van der Waals surface area contributed by atoms with E-state index in [9.17, 15) is 26.8 Å². The van der Waals surface area contributed by atoms with Gasteiger partial charge in [-0.05, 0) is 24.3 Å². The maximum Gasteiger partial charge on any atom is 0.341 e. The smallest absolute Gasteiger partial charge is 0.341 e. The lowest BCUT2D eigenvalue weighted by Crippen LogP contribution is -2.26. The van der Waals surface area contributed by atoms with E-state index in [0.717, 1.165) is 24.3 Å². The van der Waals surface area contributed by atoms with E-state index in [1.807, 2.05) is 0 Å². The summed E-state index contributed by atoms with van der Waals surface area (Å²) >= 11 is 0. The summed E-state index contributed by atoms with van der Waals surface area (Å²) in [6, 6.07) is 11.8. The van der Waals surface area contributed by atoms with Crippen molar-refractivity contribution in [2.75, 3.05) is 0 Å². The minimum absolute atomic E-state index is 0.115. The zero-order valence-corrected chi connectivity index (χ0v) is 13.5. The second-order valence-electron chi connectivity index (χ2n) is 4.93. The van der Waals surface area contributed by atoms with E-state index in [2.05, 4.69) is 0 Å². The van der Waals surface area contributed by atoms with Gasteiger partial charge in [0.25, 0.3) is 5.91 Å². The molecule has 0 aromatic heterocycles. The molecule has 132 valence electrons. The summed E-state index contributed by atoms with van der Waals surface area (Å²) in [5, 5.41) is 0. The van der Waals surface area contributed by atoms with Crippen LogP contribution in [0.4, 0.5) is 8.78 Å². The van der Waals surface area contributed by atoms with Crippen molar-refractivity contribution in [3.8, 4) is 0 Å². The Labute approximate surface area is 142 Å². The summed E-state index contributed by atoms with van der Waals surface area (Å²) in [5.74, 6) is -5.41. The number of ether oxygens (including phenoxy) is 1. The second-order valence-corrected chi connectivity index (χ2v) is 6.85. The highest BCUT2D eigenvalue weighted by Crippen LogP contribution is 2.21. The second kappa shape index (κ2) is 7.39. The van der Waals surface area contributed by atoms with Crippen molar-refractivity contribution < 1.29 is 31.5 Å². The summed E-state index contributed by atoms with van der Waals surface area (Å²) in [5.41, 5.74) is 5.48. The van der Waals surface area contributed by atoms with Crippen molar-refractivity contribution in [2.24, 2.45) is 5.73 Å². The molecule has 0 aliphatic rings. The van der Waals surface area contributed by atoms with Crippen LogP contribution in [0.15, 0.2) is 59.5 Å². The Morgan fingerprint density at radius 2 is 1.52 bits per heavy atom. The van der Waals surface area contributed by atoms with Gasteiger partial charge < -0.3 is 10.5 Å². The number of alkyl halides is 2. The van der Waals surface area contributed by atoms with Crippen LogP contribution in [0.2, 0.25) is 0 Å². The lowest BCUT2D eigenvalue weighted by Gasteiger charge is -2.15. The minimum Gasteiger partial charge on any atom is -0.444 e. The van der Waals surface area contributed by atoms with Crippen LogP contribution in [0, 0.1) is 0 Å². The predicted octanol–water partition coefficient (Wildman–Crippen LogP) is 2.07. The highest BCUT2D eigenvalue weighted by atomic mass is 32.2. The maximum absolute atomic E-state index is 12.5. The van der Waals surface area contributed by atoms with Crippen molar-refractivity contribution in [1.29, 1.82) is 0 Å². The number of primary amides is 1. The number of nitrogens with two attached hydrogens (primary N) is 1. The summed E-state index contributed by atoms with van der Waals surface area (Å²) in [4.78, 5) is 23.0. The average molecular weight is 369 g/mol. The lowest BCUT2D eigenvalue weighted by atomic mass is 10.1. The molecule has 2 aromatic rings. The van der Waals surface area contributed by atoms with Gasteiger partial charge in [0, 0.05) is 5.56 Å². The minimum atomic E-state index is -4.76. The highest BCUT2D eigenvalue weighted by Gasteiger charge is 2.27. The summed E-state index contributed by atoms with van der Waals surface area (Å²) in [6.45, 7) is 0. The Kier molecular flexibility index (Phi) is 5.48. The van der Waals surface area contributed by atoms with E-state index < -0.39 is 38.5 Å². The topological polar surface area (TPSA) is 104 Å². The molecule has 0 spiro atoms. The summed E-state index contributed by atoms with van der Waals surface area (Å²) < 4.78 is 52.7. The van der Waals surface area contributed by atoms with Crippen molar-refractivity contribution >= 4 is 21.7 Å². The van der Waals surface area contributed by atoms with Gasteiger partial charge in [-0.3, -0.25) is 4.79 Å². The number of hydrogen-bond acceptors (Lipinski definition) is 5. The van der Waals surface area contributed by atoms with Crippen LogP contribution >= 0.6 is 0 Å². The first-order valence-electron chi connectivity index (χ1n) is 6.91. The molecule has 0 saturated heterocycles. The van der Waals surface area contributed by atoms with Gasteiger partial charge >= 0.3 is 11.7 Å². The number of halogens is 2. The Morgan fingerprint density at radius 3 is 2.00 bits per heavy atom. The number of benzene rings is 2. The molecule has 0 aliphatic carbocycles. The molecule has 6 nitrogen and oxygen atoms in total. The molecule has 2 rings (SSSR count). The fraction of sp³-hybridized carbons (Fsp3) is 0.125. The van der Waals surface area contributed by atoms with Gasteiger partial charge in [-0.15, -0.1) is 0 Å². The van der Waals surface area contributed by atoms with Crippen LogP contribution in [0.25, 0.3) is 0 Å². The van der Waals surface area contributed by atoms with Gasteiger partial charge in [-0.25, -0.2) is 13.2 Å². The molecule has 0 saturated carbocycles. The number of carbonyl (C=O) groups is 2. The standard InChI is InChI=1S/C16H13F2NO5S/c17-16(18)25(22,23)12-8-6-11(7-9-12)15(21)24-13(14(19)20)10-4-2-1-3-5-10/h1-9,13,16H,(H2,19,20).